The zero-order valence-corrected chi connectivity index (χ0v) is 16.4. The van der Waals surface area contributed by atoms with E-state index in [-0.39, 0.29) is 16.0 Å². The number of benzene rings is 3. The van der Waals surface area contributed by atoms with Crippen LogP contribution in [0.5, 0.6) is 0 Å². The van der Waals surface area contributed by atoms with E-state index in [0.29, 0.717) is 5.56 Å². The molecule has 3 aromatic carbocycles. The molecule has 0 saturated heterocycles. The molecule has 0 spiro atoms. The SMILES string of the molecule is O=S(=O)(NCC(O)c1cccc2ccccc12)c1cc(Cl)c(Br)cc1F. The van der Waals surface area contributed by atoms with Gasteiger partial charge in [-0.2, -0.15) is 0 Å². The first-order valence-electron chi connectivity index (χ1n) is 7.59. The largest absolute Gasteiger partial charge is 0.387 e. The summed E-state index contributed by atoms with van der Waals surface area (Å²) in [5.41, 5.74) is 0.583. The Balaban J connectivity index is 1.85. The highest BCUT2D eigenvalue weighted by Gasteiger charge is 2.22. The predicted molar refractivity (Wildman–Crippen MR) is 103 cm³/mol. The van der Waals surface area contributed by atoms with Crippen molar-refractivity contribution in [1.82, 2.24) is 4.72 Å². The maximum atomic E-state index is 14.0. The molecule has 8 heteroatoms. The van der Waals surface area contributed by atoms with Crippen LogP contribution in [0.2, 0.25) is 5.02 Å². The van der Waals surface area contributed by atoms with E-state index in [0.717, 1.165) is 22.9 Å². The Morgan fingerprint density at radius 3 is 2.62 bits per heavy atom. The molecule has 2 N–H and O–H groups in total. The molecule has 0 bridgehead atoms. The Hall–Kier alpha value is -1.51. The molecule has 0 aliphatic heterocycles. The molecule has 1 atom stereocenters. The number of hydrogen-bond acceptors (Lipinski definition) is 3. The molecule has 26 heavy (non-hydrogen) atoms. The van der Waals surface area contributed by atoms with E-state index in [1.54, 1.807) is 12.1 Å². The Bertz CT molecular complexity index is 1070. The predicted octanol–water partition coefficient (Wildman–Crippen LogP) is 4.41. The molecular formula is C18H14BrClFNO3S. The Labute approximate surface area is 163 Å². The molecule has 0 fully saturated rings. The average molecular weight is 459 g/mol. The lowest BCUT2D eigenvalue weighted by Crippen LogP contribution is -2.29. The number of nitrogens with one attached hydrogen (secondary N) is 1. The molecule has 0 aliphatic carbocycles. The Kier molecular flexibility index (Phi) is 5.64. The highest BCUT2D eigenvalue weighted by molar-refractivity contribution is 9.10. The second-order valence-electron chi connectivity index (χ2n) is 5.63. The topological polar surface area (TPSA) is 66.4 Å². The summed E-state index contributed by atoms with van der Waals surface area (Å²) in [5.74, 6) is -0.937. The fourth-order valence-electron chi connectivity index (χ4n) is 2.63. The van der Waals surface area contributed by atoms with Crippen LogP contribution in [0.25, 0.3) is 10.8 Å². The second-order valence-corrected chi connectivity index (χ2v) is 8.63. The zero-order chi connectivity index (χ0) is 18.9. The van der Waals surface area contributed by atoms with Crippen LogP contribution in [0.3, 0.4) is 0 Å². The smallest absolute Gasteiger partial charge is 0.243 e. The van der Waals surface area contributed by atoms with Gasteiger partial charge in [0.15, 0.2) is 0 Å². The summed E-state index contributed by atoms with van der Waals surface area (Å²) in [5, 5.41) is 12.3. The van der Waals surface area contributed by atoms with Crippen molar-refractivity contribution in [2.75, 3.05) is 6.54 Å². The van der Waals surface area contributed by atoms with Crippen LogP contribution in [0.4, 0.5) is 4.39 Å². The van der Waals surface area contributed by atoms with Crippen LogP contribution in [0, 0.1) is 5.82 Å². The van der Waals surface area contributed by atoms with E-state index in [4.69, 9.17) is 11.6 Å². The summed E-state index contributed by atoms with van der Waals surface area (Å²) in [6, 6.07) is 14.9. The minimum atomic E-state index is -4.18. The number of aliphatic hydroxyl groups is 1. The molecular weight excluding hydrogens is 445 g/mol. The molecule has 4 nitrogen and oxygen atoms in total. The van der Waals surface area contributed by atoms with E-state index in [1.165, 1.54) is 0 Å². The van der Waals surface area contributed by atoms with Crippen LogP contribution < -0.4 is 4.72 Å². The number of aliphatic hydroxyl groups excluding tert-OH is 1. The minimum absolute atomic E-state index is 0.0707. The highest BCUT2D eigenvalue weighted by atomic mass is 79.9. The molecule has 3 rings (SSSR count). The van der Waals surface area contributed by atoms with Gasteiger partial charge in [-0.15, -0.1) is 0 Å². The van der Waals surface area contributed by atoms with Gasteiger partial charge in [0.2, 0.25) is 10.0 Å². The number of hydrogen-bond donors (Lipinski definition) is 2. The summed E-state index contributed by atoms with van der Waals surface area (Å²) in [7, 11) is -4.18. The molecule has 3 aromatic rings. The number of fused-ring (bicyclic) bond motifs is 1. The van der Waals surface area contributed by atoms with Gasteiger partial charge in [0.25, 0.3) is 0 Å². The average Bonchev–Trinajstić information content (AvgIpc) is 2.62. The number of rotatable bonds is 5. The molecule has 1 unspecified atom stereocenters. The summed E-state index contributed by atoms with van der Waals surface area (Å²) in [6.07, 6.45) is -1.09. The van der Waals surface area contributed by atoms with Gasteiger partial charge in [-0.05, 0) is 44.4 Å². The highest BCUT2D eigenvalue weighted by Crippen LogP contribution is 2.28. The Morgan fingerprint density at radius 1 is 1.15 bits per heavy atom. The van der Waals surface area contributed by atoms with E-state index in [9.17, 15) is 17.9 Å². The minimum Gasteiger partial charge on any atom is -0.387 e. The quantitative estimate of drug-likeness (QED) is 0.557. The fraction of sp³-hybridized carbons (Fsp3) is 0.111. The van der Waals surface area contributed by atoms with Gasteiger partial charge < -0.3 is 5.11 Å². The maximum Gasteiger partial charge on any atom is 0.243 e. The third-order valence-corrected chi connectivity index (χ3v) is 6.55. The first-order chi connectivity index (χ1) is 12.3. The van der Waals surface area contributed by atoms with Crippen molar-refractivity contribution >= 4 is 48.3 Å². The van der Waals surface area contributed by atoms with Crippen LogP contribution in [-0.4, -0.2) is 20.1 Å². The normalized spacial score (nSPS) is 13.1. The lowest BCUT2D eigenvalue weighted by molar-refractivity contribution is 0.183. The summed E-state index contributed by atoms with van der Waals surface area (Å²) in [4.78, 5) is -0.573. The zero-order valence-electron chi connectivity index (χ0n) is 13.3. The standard InChI is InChI=1S/C18H14BrClFNO3S/c19-14-8-16(21)18(9-15(14)20)26(24,25)22-10-17(23)13-7-3-5-11-4-1-2-6-12(11)13/h1-9,17,22-23H,10H2. The van der Waals surface area contributed by atoms with E-state index < -0.39 is 26.8 Å². The van der Waals surface area contributed by atoms with Crippen LogP contribution in [0.1, 0.15) is 11.7 Å². The fourth-order valence-corrected chi connectivity index (χ4v) is 4.29. The molecule has 0 amide bonds. The summed E-state index contributed by atoms with van der Waals surface area (Å²) in [6.45, 7) is -0.302. The molecule has 0 saturated carbocycles. The van der Waals surface area contributed by atoms with Gasteiger partial charge in [-0.3, -0.25) is 0 Å². The van der Waals surface area contributed by atoms with Gasteiger partial charge in [0, 0.05) is 11.0 Å². The van der Waals surface area contributed by atoms with Gasteiger partial charge >= 0.3 is 0 Å². The lowest BCUT2D eigenvalue weighted by atomic mass is 10.0. The first kappa shape index (κ1) is 19.3. The number of sulfonamides is 1. The van der Waals surface area contributed by atoms with Crippen molar-refractivity contribution in [3.63, 3.8) is 0 Å². The lowest BCUT2D eigenvalue weighted by Gasteiger charge is -2.15. The van der Waals surface area contributed by atoms with Gasteiger partial charge in [0.1, 0.15) is 10.7 Å². The van der Waals surface area contributed by atoms with Crippen molar-refractivity contribution in [3.05, 3.63) is 75.5 Å². The second kappa shape index (κ2) is 7.62. The van der Waals surface area contributed by atoms with Crippen molar-refractivity contribution < 1.29 is 17.9 Å². The molecule has 0 aliphatic rings. The van der Waals surface area contributed by atoms with Gasteiger partial charge in [0.05, 0.1) is 11.1 Å². The van der Waals surface area contributed by atoms with Crippen LogP contribution in [0.15, 0.2) is 64.0 Å². The Morgan fingerprint density at radius 2 is 1.85 bits per heavy atom. The van der Waals surface area contributed by atoms with Gasteiger partial charge in [-0.25, -0.2) is 17.5 Å². The third-order valence-electron chi connectivity index (χ3n) is 3.91. The maximum absolute atomic E-state index is 14.0. The molecule has 0 heterocycles. The van der Waals surface area contributed by atoms with Crippen molar-refractivity contribution in [3.8, 4) is 0 Å². The van der Waals surface area contributed by atoms with Crippen LogP contribution >= 0.6 is 27.5 Å². The molecule has 0 radical (unpaired) electrons. The van der Waals surface area contributed by atoms with E-state index >= 15 is 0 Å². The summed E-state index contributed by atoms with van der Waals surface area (Å²) >= 11 is 8.90. The van der Waals surface area contributed by atoms with Crippen molar-refractivity contribution in [2.24, 2.45) is 0 Å². The monoisotopic (exact) mass is 457 g/mol. The first-order valence-corrected chi connectivity index (χ1v) is 10.2. The molecule has 0 aromatic heterocycles. The number of halogens is 3. The van der Waals surface area contributed by atoms with Crippen molar-refractivity contribution in [1.29, 1.82) is 0 Å². The third kappa shape index (κ3) is 3.92. The van der Waals surface area contributed by atoms with Crippen LogP contribution in [-0.2, 0) is 10.0 Å². The van der Waals surface area contributed by atoms with Gasteiger partial charge in [-0.1, -0.05) is 54.1 Å². The summed E-state index contributed by atoms with van der Waals surface area (Å²) < 4.78 is 41.3. The van der Waals surface area contributed by atoms with E-state index in [2.05, 4.69) is 20.7 Å². The van der Waals surface area contributed by atoms with Crippen molar-refractivity contribution in [2.45, 2.75) is 11.0 Å². The molecule has 136 valence electrons. The van der Waals surface area contributed by atoms with E-state index in [1.807, 2.05) is 30.3 Å².